The van der Waals surface area contributed by atoms with Crippen molar-refractivity contribution in [3.8, 4) is 0 Å². The average Bonchev–Trinajstić information content (AvgIpc) is 0.909. The van der Waals surface area contributed by atoms with Gasteiger partial charge in [0.25, 0.3) is 0 Å². The molecule has 5 unspecified atom stereocenters. The van der Waals surface area contributed by atoms with Gasteiger partial charge in [-0.25, -0.2) is 9.13 Å². The molecule has 0 amide bonds. The summed E-state index contributed by atoms with van der Waals surface area (Å²) >= 11 is 0. The van der Waals surface area contributed by atoms with Crippen molar-refractivity contribution in [2.45, 2.75) is 329 Å². The van der Waals surface area contributed by atoms with Crippen molar-refractivity contribution in [2.75, 3.05) is 39.6 Å². The first kappa shape index (κ1) is 101. The van der Waals surface area contributed by atoms with Crippen molar-refractivity contribution in [1.82, 2.24) is 0 Å². The lowest BCUT2D eigenvalue weighted by atomic mass is 10.0. The Kier molecular flexibility index (Phi) is 73.9. The largest absolute Gasteiger partial charge is 0.472 e. The van der Waals surface area contributed by atoms with E-state index in [2.05, 4.69) is 186 Å². The summed E-state index contributed by atoms with van der Waals surface area (Å²) in [6, 6.07) is 0. The molecule has 3 N–H and O–H groups in total. The molecule has 604 valence electrons. The zero-order valence-electron chi connectivity index (χ0n) is 66.1. The van der Waals surface area contributed by atoms with Crippen LogP contribution < -0.4 is 0 Å². The number of rotatable bonds is 75. The van der Waals surface area contributed by atoms with E-state index in [4.69, 9.17) is 37.0 Å². The van der Waals surface area contributed by atoms with Gasteiger partial charge in [0.05, 0.1) is 26.4 Å². The highest BCUT2D eigenvalue weighted by Crippen LogP contribution is 2.45. The maximum atomic E-state index is 13.1. The molecule has 19 heteroatoms. The van der Waals surface area contributed by atoms with Gasteiger partial charge in [0.2, 0.25) is 0 Å². The second kappa shape index (κ2) is 77.8. The minimum absolute atomic E-state index is 0.0297. The number of esters is 4. The first-order valence-electron chi connectivity index (χ1n) is 40.7. The van der Waals surface area contributed by atoms with Crippen LogP contribution in [0.4, 0.5) is 0 Å². The molecule has 17 nitrogen and oxygen atoms in total. The molecule has 0 saturated heterocycles. The van der Waals surface area contributed by atoms with E-state index in [1.807, 2.05) is 0 Å². The molecule has 0 heterocycles. The van der Waals surface area contributed by atoms with Crippen molar-refractivity contribution in [2.24, 2.45) is 0 Å². The van der Waals surface area contributed by atoms with Gasteiger partial charge in [-0.1, -0.05) is 295 Å². The Morgan fingerprint density at radius 2 is 0.491 bits per heavy atom. The van der Waals surface area contributed by atoms with Crippen LogP contribution in [-0.2, 0) is 65.4 Å². The molecular weight excluding hydrogens is 1380 g/mol. The Labute approximate surface area is 642 Å². The normalized spacial score (nSPS) is 14.7. The zero-order valence-corrected chi connectivity index (χ0v) is 67.8. The van der Waals surface area contributed by atoms with Crippen molar-refractivity contribution in [3.05, 3.63) is 158 Å². The highest BCUT2D eigenvalue weighted by Gasteiger charge is 2.30. The van der Waals surface area contributed by atoms with Crippen LogP contribution in [0.2, 0.25) is 0 Å². The number of phosphoric ester groups is 2. The fourth-order valence-electron chi connectivity index (χ4n) is 10.4. The first-order valence-corrected chi connectivity index (χ1v) is 43.7. The molecule has 0 spiro atoms. The molecule has 5 atom stereocenters. The summed E-state index contributed by atoms with van der Waals surface area (Å²) in [6.07, 6.45) is 90.8. The van der Waals surface area contributed by atoms with Gasteiger partial charge in [-0.2, -0.15) is 0 Å². The average molecular weight is 1520 g/mol. The monoisotopic (exact) mass is 1520 g/mol. The summed E-state index contributed by atoms with van der Waals surface area (Å²) in [5.41, 5.74) is 0. The number of aliphatic hydroxyl groups is 1. The summed E-state index contributed by atoms with van der Waals surface area (Å²) in [6.45, 7) is 4.43. The number of carbonyl (C=O) groups is 4. The summed E-state index contributed by atoms with van der Waals surface area (Å²) in [7, 11) is -10.00. The van der Waals surface area contributed by atoms with E-state index in [-0.39, 0.29) is 25.7 Å². The number of carbonyl (C=O) groups excluding carboxylic acids is 4. The molecule has 0 fully saturated rings. The minimum Gasteiger partial charge on any atom is -0.462 e. The van der Waals surface area contributed by atoms with E-state index in [1.54, 1.807) is 0 Å². The lowest BCUT2D eigenvalue weighted by Crippen LogP contribution is -2.30. The Bertz CT molecular complexity index is 2630. The van der Waals surface area contributed by atoms with Gasteiger partial charge in [-0.05, 0) is 148 Å². The molecule has 0 aromatic rings. The van der Waals surface area contributed by atoms with Gasteiger partial charge in [0.1, 0.15) is 19.3 Å². The SMILES string of the molecule is CC/C=C\C/C=C\C/C=C\C/C=C\C/C=C\CCCCCC(=O)OCC(COP(=O)(O)OCC(O)COP(=O)(O)OCC(COC(=O)CCCCCC/C=C\C/C=C\C/C=C\C/C=C\CC)OC(=O)CCCCCCCCCCCCCCCCC)OC(=O)CCCC/C=C\C/C=C\C/C=C\C/C=C\CC. The third kappa shape index (κ3) is 76.9. The van der Waals surface area contributed by atoms with Crippen LogP contribution in [0.1, 0.15) is 310 Å². The fourth-order valence-corrected chi connectivity index (χ4v) is 12.0. The topological polar surface area (TPSA) is 237 Å². The molecule has 106 heavy (non-hydrogen) atoms. The highest BCUT2D eigenvalue weighted by atomic mass is 31.2. The smallest absolute Gasteiger partial charge is 0.462 e. The van der Waals surface area contributed by atoms with Crippen molar-refractivity contribution in [1.29, 1.82) is 0 Å². The quantitative estimate of drug-likeness (QED) is 0.0169. The summed E-state index contributed by atoms with van der Waals surface area (Å²) in [5, 5.41) is 10.7. The standard InChI is InChI=1S/C87H144O17P2/c1-5-9-13-17-21-25-29-33-37-39-40-42-46-48-52-56-60-64-68-72-85(90)98-78-83(104-87(92)74-70-66-62-58-54-50-44-36-32-28-24-20-16-12-8-4)80-102-106(95,96)100-76-81(88)75-99-105(93,94)101-79-82(103-86(91)73-69-65-61-57-53-49-43-35-31-27-23-19-15-11-7-3)77-97-84(89)71-67-63-59-55-51-47-45-41-38-34-30-26-22-18-14-10-6-2/h9-10,12-14,16,21-22,24-26,28,33-34,36-38,40,42,44-45,47-48,52,54,58,81-83,88H,5-8,11,15,17-20,23,27,29-32,35,39,41,43,46,49-51,53,55-57,59-80H2,1-4H3,(H,93,94)(H,95,96)/b13-9-,14-10-,16-12-,25-21-,26-22-,28-24-,37-33-,38-34-,42-40-,44-36-,47-45-,52-48-,58-54-. The number of ether oxygens (including phenoxy) is 4. The summed E-state index contributed by atoms with van der Waals surface area (Å²) < 4.78 is 68.6. The number of unbranched alkanes of at least 4 members (excludes halogenated alkanes) is 23. The molecule has 0 saturated carbocycles. The Hall–Kier alpha value is -5.32. The van der Waals surface area contributed by atoms with Crippen LogP contribution in [0, 0.1) is 0 Å². The van der Waals surface area contributed by atoms with Crippen LogP contribution in [-0.4, -0.2) is 96.7 Å². The van der Waals surface area contributed by atoms with E-state index in [0.29, 0.717) is 32.1 Å². The lowest BCUT2D eigenvalue weighted by Gasteiger charge is -2.21. The summed E-state index contributed by atoms with van der Waals surface area (Å²) in [5.74, 6) is -2.29. The number of aliphatic hydroxyl groups excluding tert-OH is 1. The third-order valence-electron chi connectivity index (χ3n) is 16.5. The molecule has 0 aliphatic rings. The molecule has 0 aliphatic carbocycles. The molecule has 0 aromatic heterocycles. The first-order chi connectivity index (χ1) is 51.7. The van der Waals surface area contributed by atoms with Crippen molar-refractivity contribution >= 4 is 39.5 Å². The summed E-state index contributed by atoms with van der Waals surface area (Å²) in [4.78, 5) is 73.1. The number of allylic oxidation sites excluding steroid dienone is 26. The van der Waals surface area contributed by atoms with Crippen molar-refractivity contribution < 1.29 is 80.2 Å². The Morgan fingerprint density at radius 3 is 0.783 bits per heavy atom. The van der Waals surface area contributed by atoms with E-state index in [1.165, 1.54) is 64.2 Å². The zero-order chi connectivity index (χ0) is 77.4. The van der Waals surface area contributed by atoms with Gasteiger partial charge in [0, 0.05) is 25.7 Å². The van der Waals surface area contributed by atoms with Gasteiger partial charge in [0.15, 0.2) is 12.2 Å². The maximum Gasteiger partial charge on any atom is 0.472 e. The lowest BCUT2D eigenvalue weighted by molar-refractivity contribution is -0.161. The van der Waals surface area contributed by atoms with Crippen LogP contribution in [0.15, 0.2) is 158 Å². The van der Waals surface area contributed by atoms with Gasteiger partial charge >= 0.3 is 39.5 Å². The molecule has 0 aromatic carbocycles. The number of hydrogen-bond donors (Lipinski definition) is 3. The molecule has 0 bridgehead atoms. The van der Waals surface area contributed by atoms with Crippen LogP contribution in [0.3, 0.4) is 0 Å². The molecule has 0 rings (SSSR count). The molecule has 0 aliphatic heterocycles. The third-order valence-corrected chi connectivity index (χ3v) is 18.4. The van der Waals surface area contributed by atoms with Gasteiger partial charge in [-0.3, -0.25) is 37.3 Å². The van der Waals surface area contributed by atoms with Crippen LogP contribution >= 0.6 is 15.6 Å². The van der Waals surface area contributed by atoms with E-state index >= 15 is 0 Å². The maximum absolute atomic E-state index is 13.1. The van der Waals surface area contributed by atoms with Gasteiger partial charge in [-0.15, -0.1) is 0 Å². The Morgan fingerprint density at radius 1 is 0.274 bits per heavy atom. The minimum atomic E-state index is -5.00. The molecular formula is C87H144O17P2. The Balaban J connectivity index is 5.45. The fraction of sp³-hybridized carbons (Fsp3) is 0.655. The highest BCUT2D eigenvalue weighted by molar-refractivity contribution is 7.47. The predicted octanol–water partition coefficient (Wildman–Crippen LogP) is 24.0. The second-order valence-corrected chi connectivity index (χ2v) is 29.5. The van der Waals surface area contributed by atoms with Crippen molar-refractivity contribution in [3.63, 3.8) is 0 Å². The number of phosphoric acid groups is 2. The van der Waals surface area contributed by atoms with E-state index in [9.17, 15) is 43.2 Å². The van der Waals surface area contributed by atoms with Gasteiger partial charge < -0.3 is 33.8 Å². The van der Waals surface area contributed by atoms with Crippen LogP contribution in [0.25, 0.3) is 0 Å². The van der Waals surface area contributed by atoms with E-state index < -0.39 is 97.5 Å². The number of hydrogen-bond acceptors (Lipinski definition) is 15. The second-order valence-electron chi connectivity index (χ2n) is 26.6. The molecule has 0 radical (unpaired) electrons. The van der Waals surface area contributed by atoms with E-state index in [0.717, 1.165) is 161 Å². The predicted molar refractivity (Wildman–Crippen MR) is 436 cm³/mol. The van der Waals surface area contributed by atoms with Crippen LogP contribution in [0.5, 0.6) is 0 Å².